The quantitative estimate of drug-likeness (QED) is 0.624. The molecule has 2 rings (SSSR count). The average Bonchev–Trinajstić information content (AvgIpc) is 2.51. The Morgan fingerprint density at radius 1 is 0.905 bits per heavy atom. The second-order valence-corrected chi connectivity index (χ2v) is 4.57. The van der Waals surface area contributed by atoms with E-state index in [1.54, 1.807) is 31.4 Å². The van der Waals surface area contributed by atoms with Crippen molar-refractivity contribution in [3.8, 4) is 11.5 Å². The van der Waals surface area contributed by atoms with Gasteiger partial charge in [-0.15, -0.1) is 0 Å². The monoisotopic (exact) mass is 290 g/mol. The molecule has 0 aliphatic carbocycles. The molecule has 5 heteroatoms. The second kappa shape index (κ2) is 7.64. The van der Waals surface area contributed by atoms with Crippen LogP contribution in [0.2, 0.25) is 0 Å². The summed E-state index contributed by atoms with van der Waals surface area (Å²) in [6.07, 6.45) is 0. The van der Waals surface area contributed by atoms with Crippen LogP contribution in [0.5, 0.6) is 11.5 Å². The van der Waals surface area contributed by atoms with Crippen molar-refractivity contribution in [1.82, 2.24) is 0 Å². The van der Waals surface area contributed by atoms with Crippen LogP contribution in [0.4, 0.5) is 0 Å². The maximum atomic E-state index is 8.58. The van der Waals surface area contributed by atoms with Gasteiger partial charge in [0.25, 0.3) is 0 Å². The molecule has 2 aromatic carbocycles. The van der Waals surface area contributed by atoms with Gasteiger partial charge in [0, 0.05) is 0 Å². The zero-order valence-corrected chi connectivity index (χ0v) is 12.0. The molecule has 2 aromatic rings. The van der Waals surface area contributed by atoms with Crippen LogP contribution in [-0.4, -0.2) is 12.4 Å². The van der Waals surface area contributed by atoms with E-state index in [2.05, 4.69) is 4.89 Å². The maximum Gasteiger partial charge on any atom is 0.165 e. The molecule has 21 heavy (non-hydrogen) atoms. The van der Waals surface area contributed by atoms with Gasteiger partial charge in [-0.1, -0.05) is 23.8 Å². The minimum absolute atomic E-state index is 0.113. The molecule has 5 nitrogen and oxygen atoms in total. The molecular formula is C16H18O5. The first kappa shape index (κ1) is 15.3. The summed E-state index contributed by atoms with van der Waals surface area (Å²) in [6.45, 7) is 2.35. The van der Waals surface area contributed by atoms with Crippen LogP contribution < -0.4 is 9.62 Å². The Labute approximate surface area is 123 Å². The number of aryl methyl sites for hydroxylation is 1. The van der Waals surface area contributed by atoms with Gasteiger partial charge in [-0.2, -0.15) is 4.89 Å². The van der Waals surface area contributed by atoms with E-state index in [1.165, 1.54) is 0 Å². The van der Waals surface area contributed by atoms with E-state index >= 15 is 0 Å². The van der Waals surface area contributed by atoms with Gasteiger partial charge < -0.3 is 9.62 Å². The largest absolute Gasteiger partial charge is 0.497 e. The smallest absolute Gasteiger partial charge is 0.165 e. The van der Waals surface area contributed by atoms with Gasteiger partial charge >= 0.3 is 0 Å². The second-order valence-electron chi connectivity index (χ2n) is 4.57. The van der Waals surface area contributed by atoms with Crippen LogP contribution in [0.1, 0.15) is 16.7 Å². The minimum atomic E-state index is 0.113. The standard InChI is InChI=1S/C16H18O5/c1-12-3-4-13(10-19-17)14(9-12)11-20-21-16-7-5-15(18-2)6-8-16/h3-9,17H,10-11H2,1-2H3. The van der Waals surface area contributed by atoms with Crippen molar-refractivity contribution in [2.75, 3.05) is 7.11 Å². The van der Waals surface area contributed by atoms with Crippen molar-refractivity contribution in [2.45, 2.75) is 20.1 Å². The number of rotatable bonds is 7. The highest BCUT2D eigenvalue weighted by Gasteiger charge is 2.05. The molecule has 0 saturated carbocycles. The van der Waals surface area contributed by atoms with E-state index in [0.717, 1.165) is 22.4 Å². The SMILES string of the molecule is COc1ccc(OOCc2cc(C)ccc2COO)cc1. The summed E-state index contributed by atoms with van der Waals surface area (Å²) in [4.78, 5) is 14.7. The summed E-state index contributed by atoms with van der Waals surface area (Å²) in [5.41, 5.74) is 2.85. The molecule has 0 aliphatic heterocycles. The Kier molecular flexibility index (Phi) is 5.57. The van der Waals surface area contributed by atoms with Crippen LogP contribution in [0, 0.1) is 6.92 Å². The lowest BCUT2D eigenvalue weighted by Gasteiger charge is -2.10. The fraction of sp³-hybridized carbons (Fsp3) is 0.250. The number of ether oxygens (including phenoxy) is 1. The van der Waals surface area contributed by atoms with Crippen LogP contribution in [0.15, 0.2) is 42.5 Å². The highest BCUT2D eigenvalue weighted by atomic mass is 17.2. The molecule has 1 N–H and O–H groups in total. The van der Waals surface area contributed by atoms with Gasteiger partial charge in [-0.25, -0.2) is 4.89 Å². The molecule has 0 amide bonds. The molecule has 0 heterocycles. The summed E-state index contributed by atoms with van der Waals surface area (Å²) in [6, 6.07) is 12.9. The Hall–Kier alpha value is -2.08. The molecule has 0 atom stereocenters. The topological polar surface area (TPSA) is 57.2 Å². The van der Waals surface area contributed by atoms with Gasteiger partial charge in [0.15, 0.2) is 5.75 Å². The van der Waals surface area contributed by atoms with E-state index in [4.69, 9.17) is 19.8 Å². The molecular weight excluding hydrogens is 272 g/mol. The third-order valence-corrected chi connectivity index (χ3v) is 3.01. The highest BCUT2D eigenvalue weighted by molar-refractivity contribution is 5.31. The third-order valence-electron chi connectivity index (χ3n) is 3.01. The van der Waals surface area contributed by atoms with E-state index in [-0.39, 0.29) is 13.2 Å². The predicted molar refractivity (Wildman–Crippen MR) is 77.0 cm³/mol. The first-order valence-corrected chi connectivity index (χ1v) is 6.51. The van der Waals surface area contributed by atoms with E-state index in [0.29, 0.717) is 5.75 Å². The van der Waals surface area contributed by atoms with Crippen molar-refractivity contribution in [2.24, 2.45) is 0 Å². The lowest BCUT2D eigenvalue weighted by Crippen LogP contribution is -2.02. The molecule has 0 saturated heterocycles. The first-order valence-electron chi connectivity index (χ1n) is 6.51. The van der Waals surface area contributed by atoms with Crippen LogP contribution in [-0.2, 0) is 23.0 Å². The Balaban J connectivity index is 1.94. The van der Waals surface area contributed by atoms with Crippen molar-refractivity contribution >= 4 is 0 Å². The van der Waals surface area contributed by atoms with Gasteiger partial charge in [-0.3, -0.25) is 5.26 Å². The summed E-state index contributed by atoms with van der Waals surface area (Å²) < 4.78 is 5.06. The Morgan fingerprint density at radius 2 is 1.62 bits per heavy atom. The average molecular weight is 290 g/mol. The normalized spacial score (nSPS) is 10.4. The van der Waals surface area contributed by atoms with Crippen LogP contribution >= 0.6 is 0 Å². The zero-order valence-electron chi connectivity index (χ0n) is 12.0. The minimum Gasteiger partial charge on any atom is -0.497 e. The fourth-order valence-corrected chi connectivity index (χ4v) is 1.89. The predicted octanol–water partition coefficient (Wildman–Crippen LogP) is 3.50. The number of hydrogen-bond acceptors (Lipinski definition) is 5. The molecule has 0 fully saturated rings. The Bertz CT molecular complexity index is 565. The summed E-state index contributed by atoms with van der Waals surface area (Å²) in [7, 11) is 1.61. The highest BCUT2D eigenvalue weighted by Crippen LogP contribution is 2.19. The van der Waals surface area contributed by atoms with Crippen molar-refractivity contribution in [1.29, 1.82) is 0 Å². The summed E-state index contributed by atoms with van der Waals surface area (Å²) in [5.74, 6) is 1.34. The van der Waals surface area contributed by atoms with E-state index in [1.807, 2.05) is 25.1 Å². The van der Waals surface area contributed by atoms with Crippen LogP contribution in [0.25, 0.3) is 0 Å². The molecule has 0 aliphatic rings. The zero-order chi connectivity index (χ0) is 15.1. The fourth-order valence-electron chi connectivity index (χ4n) is 1.89. The van der Waals surface area contributed by atoms with Gasteiger partial charge in [0.05, 0.1) is 7.11 Å². The molecule has 0 bridgehead atoms. The summed E-state index contributed by atoms with van der Waals surface area (Å²) in [5, 5.41) is 8.58. The first-order chi connectivity index (χ1) is 10.2. The van der Waals surface area contributed by atoms with Gasteiger partial charge in [0.2, 0.25) is 0 Å². The molecule has 0 aromatic heterocycles. The maximum absolute atomic E-state index is 8.58. The molecule has 0 radical (unpaired) electrons. The summed E-state index contributed by atoms with van der Waals surface area (Å²) >= 11 is 0. The molecule has 0 spiro atoms. The number of hydrogen-bond donors (Lipinski definition) is 1. The van der Waals surface area contributed by atoms with E-state index < -0.39 is 0 Å². The lowest BCUT2D eigenvalue weighted by molar-refractivity contribution is -0.253. The Morgan fingerprint density at radius 3 is 2.29 bits per heavy atom. The van der Waals surface area contributed by atoms with Crippen molar-refractivity contribution < 1.29 is 24.7 Å². The molecule has 0 unspecified atom stereocenters. The number of benzene rings is 2. The van der Waals surface area contributed by atoms with E-state index in [9.17, 15) is 0 Å². The third kappa shape index (κ3) is 4.46. The molecule has 112 valence electrons. The van der Waals surface area contributed by atoms with Gasteiger partial charge in [0.1, 0.15) is 19.0 Å². The van der Waals surface area contributed by atoms with Crippen molar-refractivity contribution in [3.05, 3.63) is 59.2 Å². The lowest BCUT2D eigenvalue weighted by atomic mass is 10.1. The van der Waals surface area contributed by atoms with Crippen molar-refractivity contribution in [3.63, 3.8) is 0 Å². The number of methoxy groups -OCH3 is 1. The van der Waals surface area contributed by atoms with Gasteiger partial charge in [-0.05, 0) is 42.3 Å². The van der Waals surface area contributed by atoms with Crippen LogP contribution in [0.3, 0.4) is 0 Å².